The summed E-state index contributed by atoms with van der Waals surface area (Å²) in [5.41, 5.74) is 2.73. The summed E-state index contributed by atoms with van der Waals surface area (Å²) in [5, 5.41) is 12.8. The van der Waals surface area contributed by atoms with Crippen molar-refractivity contribution in [3.63, 3.8) is 0 Å². The van der Waals surface area contributed by atoms with Gasteiger partial charge in [-0.3, -0.25) is 19.4 Å². The van der Waals surface area contributed by atoms with Crippen LogP contribution in [0.1, 0.15) is 34.1 Å². The molecule has 3 N–H and O–H groups in total. The lowest BCUT2D eigenvalue weighted by molar-refractivity contribution is 0.0827. The van der Waals surface area contributed by atoms with Crippen LogP contribution in [-0.2, 0) is 6.54 Å². The molecule has 0 saturated carbocycles. The molecule has 0 radical (unpaired) electrons. The van der Waals surface area contributed by atoms with Crippen LogP contribution in [0.15, 0.2) is 65.7 Å². The van der Waals surface area contributed by atoms with Crippen LogP contribution in [0.5, 0.6) is 0 Å². The fraction of sp³-hybridized carbons (Fsp3) is 0.273. The maximum atomic E-state index is 13.1. The highest BCUT2D eigenvalue weighted by Gasteiger charge is 2.18. The average molecular weight is 680 g/mol. The molecule has 12 nitrogen and oxygen atoms in total. The van der Waals surface area contributed by atoms with Gasteiger partial charge < -0.3 is 25.8 Å². The highest BCUT2D eigenvalue weighted by molar-refractivity contribution is 6.39. The van der Waals surface area contributed by atoms with E-state index < -0.39 is 11.6 Å². The van der Waals surface area contributed by atoms with Gasteiger partial charge in [0.1, 0.15) is 5.69 Å². The molecule has 2 heterocycles. The van der Waals surface area contributed by atoms with Crippen molar-refractivity contribution in [3.8, 4) is 22.4 Å². The molecule has 2 aromatic carbocycles. The molecule has 0 saturated heterocycles. The van der Waals surface area contributed by atoms with Crippen LogP contribution in [0.2, 0.25) is 10.0 Å². The number of carbonyl (C=O) groups is 3. The van der Waals surface area contributed by atoms with Crippen LogP contribution in [-0.4, -0.2) is 83.7 Å². The number of halogens is 2. The van der Waals surface area contributed by atoms with Gasteiger partial charge in [0.2, 0.25) is 0 Å². The number of amides is 4. The number of hydrogen-bond acceptors (Lipinski definition) is 7. The maximum Gasteiger partial charge on any atom is 0.323 e. The molecule has 0 bridgehead atoms. The van der Waals surface area contributed by atoms with Crippen molar-refractivity contribution in [3.05, 3.63) is 92.5 Å². The van der Waals surface area contributed by atoms with Crippen molar-refractivity contribution in [1.29, 1.82) is 0 Å². The first kappa shape index (κ1) is 35.1. The third kappa shape index (κ3) is 8.94. The number of rotatable bonds is 11. The zero-order valence-corrected chi connectivity index (χ0v) is 28.2. The number of hydrogen-bond donors (Lipinski definition) is 3. The third-order valence-electron chi connectivity index (χ3n) is 7.02. The molecule has 246 valence electrons. The highest BCUT2D eigenvalue weighted by atomic mass is 35.5. The van der Waals surface area contributed by atoms with E-state index in [0.717, 1.165) is 13.0 Å². The van der Waals surface area contributed by atoms with Gasteiger partial charge in [0, 0.05) is 56.3 Å². The van der Waals surface area contributed by atoms with E-state index in [1.165, 1.54) is 28.0 Å². The first-order valence-corrected chi connectivity index (χ1v) is 15.5. The Labute approximate surface area is 282 Å². The Bertz CT molecular complexity index is 1840. The second-order valence-electron chi connectivity index (χ2n) is 11.1. The van der Waals surface area contributed by atoms with Crippen molar-refractivity contribution in [1.82, 2.24) is 29.9 Å². The van der Waals surface area contributed by atoms with E-state index in [9.17, 15) is 19.2 Å². The van der Waals surface area contributed by atoms with Gasteiger partial charge in [-0.05, 0) is 75.4 Å². The lowest BCUT2D eigenvalue weighted by Gasteiger charge is -2.15. The monoisotopic (exact) mass is 678 g/mol. The SMILES string of the molecule is CCn1nc(-c2cccc(-c3cc(C(=O)NCCCN(C)C)cc(C(=O)N(C)C)c3)c2)cc(NC(=O)Nc2c(Cl)cncc2Cl)c1=O. The summed E-state index contributed by atoms with van der Waals surface area (Å²) in [7, 11) is 7.24. The van der Waals surface area contributed by atoms with Gasteiger partial charge >= 0.3 is 6.03 Å². The molecule has 0 spiro atoms. The summed E-state index contributed by atoms with van der Waals surface area (Å²) in [6.45, 7) is 3.32. The zero-order chi connectivity index (χ0) is 34.2. The molecule has 2 aromatic heterocycles. The number of pyridine rings is 1. The van der Waals surface area contributed by atoms with E-state index in [1.807, 2.05) is 43.3 Å². The van der Waals surface area contributed by atoms with Crippen molar-refractivity contribution in [2.45, 2.75) is 19.9 Å². The number of aryl methyl sites for hydroxylation is 1. The number of benzene rings is 2. The van der Waals surface area contributed by atoms with Crippen LogP contribution >= 0.6 is 23.2 Å². The summed E-state index contributed by atoms with van der Waals surface area (Å²) >= 11 is 12.2. The van der Waals surface area contributed by atoms with Crippen molar-refractivity contribution in [2.24, 2.45) is 0 Å². The fourth-order valence-electron chi connectivity index (χ4n) is 4.65. The Morgan fingerprint density at radius 3 is 2.21 bits per heavy atom. The van der Waals surface area contributed by atoms with Crippen molar-refractivity contribution >= 4 is 52.4 Å². The molecule has 0 aliphatic rings. The van der Waals surface area contributed by atoms with Crippen molar-refractivity contribution in [2.75, 3.05) is 51.9 Å². The molecule has 0 unspecified atom stereocenters. The summed E-state index contributed by atoms with van der Waals surface area (Å²) in [6.07, 6.45) is 3.44. The van der Waals surface area contributed by atoms with Crippen LogP contribution in [0, 0.1) is 0 Å². The molecule has 14 heteroatoms. The number of nitrogens with zero attached hydrogens (tertiary/aromatic N) is 5. The normalized spacial score (nSPS) is 10.9. The predicted molar refractivity (Wildman–Crippen MR) is 185 cm³/mol. The van der Waals surface area contributed by atoms with Gasteiger partial charge in [0.15, 0.2) is 0 Å². The molecule has 0 aliphatic carbocycles. The number of aromatic nitrogens is 3. The molecular weight excluding hydrogens is 643 g/mol. The van der Waals surface area contributed by atoms with Gasteiger partial charge in [-0.15, -0.1) is 0 Å². The van der Waals surface area contributed by atoms with Crippen LogP contribution < -0.4 is 21.5 Å². The zero-order valence-electron chi connectivity index (χ0n) is 26.7. The lowest BCUT2D eigenvalue weighted by atomic mass is 9.96. The minimum Gasteiger partial charge on any atom is -0.352 e. The van der Waals surface area contributed by atoms with E-state index >= 15 is 0 Å². The highest BCUT2D eigenvalue weighted by Crippen LogP contribution is 2.30. The van der Waals surface area contributed by atoms with Crippen LogP contribution in [0.3, 0.4) is 0 Å². The summed E-state index contributed by atoms with van der Waals surface area (Å²) < 4.78 is 1.24. The van der Waals surface area contributed by atoms with E-state index in [2.05, 4.69) is 26.0 Å². The van der Waals surface area contributed by atoms with E-state index in [0.29, 0.717) is 40.1 Å². The van der Waals surface area contributed by atoms with Crippen LogP contribution in [0.4, 0.5) is 16.2 Å². The molecule has 0 aliphatic heterocycles. The average Bonchev–Trinajstić information content (AvgIpc) is 3.05. The molecule has 4 rings (SSSR count). The fourth-order valence-corrected chi connectivity index (χ4v) is 5.11. The number of urea groups is 1. The maximum absolute atomic E-state index is 13.1. The molecule has 0 fully saturated rings. The molecule has 47 heavy (non-hydrogen) atoms. The largest absolute Gasteiger partial charge is 0.352 e. The predicted octanol–water partition coefficient (Wildman–Crippen LogP) is 5.33. The standard InChI is InChI=1S/C33H36Cl2N8O4/c1-6-43-32(46)28(38-33(47)39-29-25(34)18-36-19-26(29)35)17-27(40-43)21-10-7-9-20(13-21)22-14-23(16-24(15-22)31(45)42(4)5)30(44)37-11-8-12-41(2)3/h7,9-10,13-19H,6,8,11-12H2,1-5H3,(H,37,44)(H2,36,38,39,47). The minimum atomic E-state index is -0.736. The first-order valence-electron chi connectivity index (χ1n) is 14.8. The van der Waals surface area contributed by atoms with E-state index in [-0.39, 0.29) is 39.8 Å². The molecule has 0 atom stereocenters. The Morgan fingerprint density at radius 2 is 1.55 bits per heavy atom. The van der Waals surface area contributed by atoms with Gasteiger partial charge in [0.05, 0.1) is 21.4 Å². The van der Waals surface area contributed by atoms with Gasteiger partial charge in [-0.1, -0.05) is 41.4 Å². The van der Waals surface area contributed by atoms with Gasteiger partial charge in [-0.2, -0.15) is 5.10 Å². The van der Waals surface area contributed by atoms with E-state index in [4.69, 9.17) is 23.2 Å². The Balaban J connectivity index is 1.69. The second-order valence-corrected chi connectivity index (χ2v) is 11.9. The third-order valence-corrected chi connectivity index (χ3v) is 7.59. The smallest absolute Gasteiger partial charge is 0.323 e. The molecule has 4 aromatic rings. The number of carbonyl (C=O) groups excluding carboxylic acids is 3. The Kier molecular flexibility index (Phi) is 11.7. The number of anilines is 2. The Morgan fingerprint density at radius 1 is 0.872 bits per heavy atom. The molecule has 4 amide bonds. The summed E-state index contributed by atoms with van der Waals surface area (Å²) in [4.78, 5) is 59.5. The van der Waals surface area contributed by atoms with Crippen molar-refractivity contribution < 1.29 is 14.4 Å². The quantitative estimate of drug-likeness (QED) is 0.182. The first-order chi connectivity index (χ1) is 22.4. The summed E-state index contributed by atoms with van der Waals surface area (Å²) in [5.74, 6) is -0.528. The second kappa shape index (κ2) is 15.7. The number of nitrogens with one attached hydrogen (secondary N) is 3. The lowest BCUT2D eigenvalue weighted by Crippen LogP contribution is -2.29. The van der Waals surface area contributed by atoms with Gasteiger partial charge in [-0.25, -0.2) is 9.48 Å². The topological polar surface area (TPSA) is 142 Å². The Hall–Kier alpha value is -4.78. The molecular formula is C33H36Cl2N8O4. The van der Waals surface area contributed by atoms with Gasteiger partial charge in [0.25, 0.3) is 17.4 Å². The minimum absolute atomic E-state index is 0.0205. The van der Waals surface area contributed by atoms with E-state index in [1.54, 1.807) is 39.2 Å². The summed E-state index contributed by atoms with van der Waals surface area (Å²) in [6, 6.07) is 13.1. The van der Waals surface area contributed by atoms with Crippen LogP contribution in [0.25, 0.3) is 22.4 Å².